The number of hydrogen-bond donors (Lipinski definition) is 0. The summed E-state index contributed by atoms with van der Waals surface area (Å²) in [6, 6.07) is 0.998. The van der Waals surface area contributed by atoms with Crippen molar-refractivity contribution >= 4 is 23.3 Å². The van der Waals surface area contributed by atoms with Crippen LogP contribution in [0.25, 0.3) is 0 Å². The fraction of sp³-hybridized carbons (Fsp3) is 0.250. The van der Waals surface area contributed by atoms with Crippen LogP contribution in [0.5, 0.6) is 0 Å². The molecule has 1 aliphatic rings. The molecule has 0 aromatic heterocycles. The van der Waals surface area contributed by atoms with E-state index < -0.39 is 46.8 Å². The smallest absolute Gasteiger partial charge is 0.362 e. The number of hydrogen-bond acceptors (Lipinski definition) is 4. The van der Waals surface area contributed by atoms with Crippen LogP contribution >= 0.6 is 0 Å². The van der Waals surface area contributed by atoms with Gasteiger partial charge in [0.1, 0.15) is 11.6 Å². The predicted octanol–water partition coefficient (Wildman–Crippen LogP) is 1.35. The summed E-state index contributed by atoms with van der Waals surface area (Å²) in [6.45, 7) is 1.26. The predicted molar refractivity (Wildman–Crippen MR) is 59.7 cm³/mol. The highest BCUT2D eigenvalue weighted by Gasteiger charge is 2.45. The summed E-state index contributed by atoms with van der Waals surface area (Å²) in [6.07, 6.45) is -2.64. The Morgan fingerprint density at radius 1 is 1.35 bits per heavy atom. The molecule has 5 nitrogen and oxygen atoms in total. The Kier molecular flexibility index (Phi) is 3.47. The van der Waals surface area contributed by atoms with Crippen molar-refractivity contribution in [3.8, 4) is 0 Å². The van der Waals surface area contributed by atoms with E-state index >= 15 is 0 Å². The van der Waals surface area contributed by atoms with E-state index in [9.17, 15) is 27.6 Å². The Labute approximate surface area is 110 Å². The molecule has 0 bridgehead atoms. The van der Waals surface area contributed by atoms with Crippen LogP contribution in [0.2, 0.25) is 0 Å². The molecule has 1 aromatic carbocycles. The molecule has 106 valence electrons. The van der Waals surface area contributed by atoms with E-state index in [4.69, 9.17) is 0 Å². The van der Waals surface area contributed by atoms with E-state index in [1.54, 1.807) is 0 Å². The van der Waals surface area contributed by atoms with Crippen LogP contribution in [0, 0.1) is 11.6 Å². The van der Waals surface area contributed by atoms with Gasteiger partial charge in [-0.25, -0.2) is 18.0 Å². The fourth-order valence-corrected chi connectivity index (χ4v) is 1.84. The third kappa shape index (κ3) is 2.02. The Bertz CT molecular complexity index is 617. The lowest BCUT2D eigenvalue weighted by Gasteiger charge is -2.19. The summed E-state index contributed by atoms with van der Waals surface area (Å²) < 4.78 is 44.9. The topological polar surface area (TPSA) is 63.7 Å². The molecule has 0 spiro atoms. The second-order valence-electron chi connectivity index (χ2n) is 3.87. The molecule has 2 rings (SSSR count). The number of rotatable bonds is 3. The third-order valence-corrected chi connectivity index (χ3v) is 2.64. The standard InChI is InChI=1S/C12H8F3NO4/c1-2-20-12(19)10(15)16-7-4-5(13)3-6(14)8(7)9(17)11(16)18/h3-4,10H,2H2,1H3. The Morgan fingerprint density at radius 3 is 2.60 bits per heavy atom. The van der Waals surface area contributed by atoms with Crippen LogP contribution in [-0.2, 0) is 14.3 Å². The number of anilines is 1. The summed E-state index contributed by atoms with van der Waals surface area (Å²) in [5, 5.41) is 0. The number of amides is 1. The molecule has 0 saturated heterocycles. The van der Waals surface area contributed by atoms with E-state index in [1.165, 1.54) is 6.92 Å². The number of nitrogens with zero attached hydrogens (tertiary/aromatic N) is 1. The maximum Gasteiger partial charge on any atom is 0.362 e. The summed E-state index contributed by atoms with van der Waals surface area (Å²) in [5.41, 5.74) is -1.39. The van der Waals surface area contributed by atoms with Gasteiger partial charge in [0.05, 0.1) is 17.9 Å². The zero-order valence-electron chi connectivity index (χ0n) is 10.2. The van der Waals surface area contributed by atoms with Gasteiger partial charge in [0, 0.05) is 6.07 Å². The molecule has 1 aliphatic heterocycles. The average molecular weight is 287 g/mol. The van der Waals surface area contributed by atoms with Crippen molar-refractivity contribution in [2.45, 2.75) is 13.2 Å². The summed E-state index contributed by atoms with van der Waals surface area (Å²) >= 11 is 0. The van der Waals surface area contributed by atoms with Crippen molar-refractivity contribution in [1.82, 2.24) is 0 Å². The van der Waals surface area contributed by atoms with Gasteiger partial charge in [-0.15, -0.1) is 0 Å². The minimum Gasteiger partial charge on any atom is -0.462 e. The quantitative estimate of drug-likeness (QED) is 0.478. The molecule has 1 amide bonds. The Hall–Kier alpha value is -2.38. The number of esters is 1. The first kappa shape index (κ1) is 14.0. The molecule has 0 aliphatic carbocycles. The van der Waals surface area contributed by atoms with E-state index in [1.807, 2.05) is 0 Å². The molecule has 0 radical (unpaired) electrons. The number of fused-ring (bicyclic) bond motifs is 1. The zero-order chi connectivity index (χ0) is 15.0. The number of Topliss-reactive ketones (excluding diaryl/α,β-unsaturated/α-hetero) is 1. The van der Waals surface area contributed by atoms with Crippen molar-refractivity contribution in [3.05, 3.63) is 29.3 Å². The zero-order valence-corrected chi connectivity index (χ0v) is 10.2. The Morgan fingerprint density at radius 2 is 2.00 bits per heavy atom. The number of ketones is 1. The monoisotopic (exact) mass is 287 g/mol. The molecule has 1 unspecified atom stereocenters. The second-order valence-corrected chi connectivity index (χ2v) is 3.87. The molecule has 0 fully saturated rings. The Balaban J connectivity index is 2.50. The van der Waals surface area contributed by atoms with Gasteiger partial charge in [0.2, 0.25) is 0 Å². The highest BCUT2D eigenvalue weighted by atomic mass is 19.1. The van der Waals surface area contributed by atoms with Gasteiger partial charge >= 0.3 is 11.9 Å². The van der Waals surface area contributed by atoms with Crippen molar-refractivity contribution in [2.24, 2.45) is 0 Å². The van der Waals surface area contributed by atoms with Gasteiger partial charge in [0.25, 0.3) is 12.1 Å². The maximum atomic E-state index is 13.9. The van der Waals surface area contributed by atoms with Crippen molar-refractivity contribution in [2.75, 3.05) is 11.5 Å². The van der Waals surface area contributed by atoms with Crippen LogP contribution in [-0.4, -0.2) is 30.6 Å². The fourth-order valence-electron chi connectivity index (χ4n) is 1.84. The molecule has 1 aromatic rings. The summed E-state index contributed by atoms with van der Waals surface area (Å²) in [7, 11) is 0. The lowest BCUT2D eigenvalue weighted by Crippen LogP contribution is -2.42. The summed E-state index contributed by atoms with van der Waals surface area (Å²) in [4.78, 5) is 34.5. The van der Waals surface area contributed by atoms with Crippen LogP contribution in [0.1, 0.15) is 17.3 Å². The summed E-state index contributed by atoms with van der Waals surface area (Å²) in [5.74, 6) is -6.62. The van der Waals surface area contributed by atoms with Crippen LogP contribution in [0.15, 0.2) is 12.1 Å². The first-order valence-electron chi connectivity index (χ1n) is 5.56. The molecular weight excluding hydrogens is 279 g/mol. The van der Waals surface area contributed by atoms with Gasteiger partial charge in [0.15, 0.2) is 0 Å². The molecule has 0 N–H and O–H groups in total. The van der Waals surface area contributed by atoms with E-state index in [0.717, 1.165) is 0 Å². The molecule has 1 heterocycles. The minimum absolute atomic E-state index is 0.0851. The van der Waals surface area contributed by atoms with E-state index in [0.29, 0.717) is 12.1 Å². The highest BCUT2D eigenvalue weighted by molar-refractivity contribution is 6.52. The SMILES string of the molecule is CCOC(=O)C(F)N1C(=O)C(=O)c2c(F)cc(F)cc21. The van der Waals surface area contributed by atoms with E-state index in [2.05, 4.69) is 4.74 Å². The normalized spacial score (nSPS) is 15.3. The number of alkyl halides is 1. The number of ether oxygens (including phenoxy) is 1. The number of carbonyl (C=O) groups is 3. The van der Waals surface area contributed by atoms with Gasteiger partial charge in [-0.3, -0.25) is 14.5 Å². The van der Waals surface area contributed by atoms with Gasteiger partial charge in [-0.1, -0.05) is 0 Å². The maximum absolute atomic E-state index is 13.9. The number of carbonyl (C=O) groups excluding carboxylic acids is 3. The van der Waals surface area contributed by atoms with Gasteiger partial charge < -0.3 is 4.74 Å². The number of halogens is 3. The van der Waals surface area contributed by atoms with Gasteiger partial charge in [-0.2, -0.15) is 0 Å². The minimum atomic E-state index is -2.64. The number of benzene rings is 1. The van der Waals surface area contributed by atoms with Crippen molar-refractivity contribution in [3.63, 3.8) is 0 Å². The largest absolute Gasteiger partial charge is 0.462 e. The highest BCUT2D eigenvalue weighted by Crippen LogP contribution is 2.34. The lowest BCUT2D eigenvalue weighted by molar-refractivity contribution is -0.150. The molecular formula is C12H8F3NO4. The van der Waals surface area contributed by atoms with Crippen molar-refractivity contribution < 1.29 is 32.3 Å². The second kappa shape index (κ2) is 4.95. The molecule has 20 heavy (non-hydrogen) atoms. The first-order valence-corrected chi connectivity index (χ1v) is 5.56. The van der Waals surface area contributed by atoms with E-state index in [-0.39, 0.29) is 11.5 Å². The third-order valence-electron chi connectivity index (χ3n) is 2.64. The average Bonchev–Trinajstić information content (AvgIpc) is 2.61. The molecule has 1 atom stereocenters. The first-order chi connectivity index (χ1) is 9.38. The van der Waals surface area contributed by atoms with Crippen LogP contribution < -0.4 is 4.90 Å². The lowest BCUT2D eigenvalue weighted by atomic mass is 10.1. The van der Waals surface area contributed by atoms with Crippen LogP contribution in [0.4, 0.5) is 18.9 Å². The molecule has 0 saturated carbocycles. The van der Waals surface area contributed by atoms with Gasteiger partial charge in [-0.05, 0) is 13.0 Å². The molecule has 8 heteroatoms. The van der Waals surface area contributed by atoms with Crippen LogP contribution in [0.3, 0.4) is 0 Å². The van der Waals surface area contributed by atoms with Crippen molar-refractivity contribution in [1.29, 1.82) is 0 Å².